The van der Waals surface area contributed by atoms with Crippen LogP contribution in [0.3, 0.4) is 0 Å². The zero-order valence-electron chi connectivity index (χ0n) is 9.65. The van der Waals surface area contributed by atoms with Crippen molar-refractivity contribution >= 4 is 19.6 Å². The van der Waals surface area contributed by atoms with Crippen LogP contribution in [0.4, 0.5) is 0 Å². The number of unbranched alkanes of at least 4 members (excludes halogenated alkanes) is 1. The molecule has 0 radical (unpaired) electrons. The van der Waals surface area contributed by atoms with E-state index in [2.05, 4.69) is 7.88 Å². The molecule has 0 spiro atoms. The van der Waals surface area contributed by atoms with E-state index in [1.165, 1.54) is 6.92 Å². The van der Waals surface area contributed by atoms with E-state index in [4.69, 9.17) is 0 Å². The molecule has 0 aromatic carbocycles. The van der Waals surface area contributed by atoms with Gasteiger partial charge in [-0.25, -0.2) is 0 Å². The van der Waals surface area contributed by atoms with Crippen LogP contribution in [0.25, 0.3) is 0 Å². The Kier molecular flexibility index (Phi) is 8.10. The predicted molar refractivity (Wildman–Crippen MR) is 28.7 cm³/mol. The summed E-state index contributed by atoms with van der Waals surface area (Å²) in [6.45, 7) is 1.51. The number of halogens is 3. The Hall–Kier alpha value is 1.19. The van der Waals surface area contributed by atoms with E-state index < -0.39 is 54.8 Å². The molecule has 0 aliphatic heterocycles. The molecule has 0 aliphatic carbocycles. The molecule has 0 fully saturated rings. The molecule has 0 N–H and O–H groups in total. The molecule has 0 aliphatic rings. The molecule has 0 amide bonds. The van der Waals surface area contributed by atoms with Gasteiger partial charge in [0.1, 0.15) is 0 Å². The van der Waals surface area contributed by atoms with Crippen molar-refractivity contribution in [3.63, 3.8) is 0 Å². The molecule has 0 rings (SSSR count). The first-order valence-corrected chi connectivity index (χ1v) is 13.7. The Bertz CT molecular complexity index is 254. The second-order valence-corrected chi connectivity index (χ2v) is 15.2. The zero-order valence-corrected chi connectivity index (χ0v) is 14.8. The summed E-state index contributed by atoms with van der Waals surface area (Å²) in [6.07, 6.45) is 0.104. The first kappa shape index (κ1) is 21.2. The van der Waals surface area contributed by atoms with Crippen LogP contribution in [0, 0.1) is 30.7 Å². The van der Waals surface area contributed by atoms with Gasteiger partial charge in [-0.2, -0.15) is 0 Å². The summed E-state index contributed by atoms with van der Waals surface area (Å²) < 4.78 is 104. The van der Waals surface area contributed by atoms with E-state index in [0.29, 0.717) is 0 Å². The van der Waals surface area contributed by atoms with Crippen molar-refractivity contribution in [2.45, 2.75) is 24.2 Å². The van der Waals surface area contributed by atoms with Crippen LogP contribution < -0.4 is 41.9 Å². The van der Waals surface area contributed by atoms with Crippen molar-refractivity contribution in [3.8, 4) is 0 Å². The molecule has 0 saturated carbocycles. The maximum absolute atomic E-state index is 10.5. The van der Waals surface area contributed by atoms with Gasteiger partial charge in [-0.3, -0.25) is 0 Å². The van der Waals surface area contributed by atoms with Gasteiger partial charge in [0.15, 0.2) is 0 Å². The Morgan fingerprint density at radius 3 is 1.20 bits per heavy atom. The summed E-state index contributed by atoms with van der Waals surface area (Å²) in [6, 6.07) is 0. The van der Waals surface area contributed by atoms with Crippen molar-refractivity contribution < 1.29 is 80.5 Å². The summed E-state index contributed by atoms with van der Waals surface area (Å²) in [4.78, 5) is 0. The molecule has 0 atom stereocenters. The van der Waals surface area contributed by atoms with E-state index in [1.54, 1.807) is 0 Å². The van der Waals surface area contributed by atoms with Gasteiger partial charge in [0, 0.05) is 0 Å². The van der Waals surface area contributed by atoms with E-state index in [0.717, 1.165) is 0 Å². The Balaban J connectivity index is 5.38. The van der Waals surface area contributed by atoms with E-state index in [9.17, 15) is 41.9 Å². The standard InChI is InChI=1S/C4H9.3ClHO4.Sn/c1-3-4-2;3*2-1(3,4)5;/h1,3-4H2,2H3;3*(H,2,3,4,5);/q;;;;+3/p-3. The maximum atomic E-state index is 10.5. The van der Waals surface area contributed by atoms with Crippen LogP contribution in [-0.4, -0.2) is 19.6 Å². The molecule has 0 saturated heterocycles. The van der Waals surface area contributed by atoms with Gasteiger partial charge in [0.05, 0.1) is 0 Å². The average molecular weight is 474 g/mol. The monoisotopic (exact) mass is 474 g/mol. The molecular weight excluding hydrogens is 465 g/mol. The third-order valence-electron chi connectivity index (χ3n) is 1.47. The predicted octanol–water partition coefficient (Wildman–Crippen LogP) is -9.53. The SMILES string of the molecule is CCC[CH2][Sn]([O][Cl+3]([O-])([O-])[O-])([O][Cl+3]([O-])([O-])[O-])[O][Cl+3]([O-])([O-])[O-]. The molecule has 0 aromatic rings. The van der Waals surface area contributed by atoms with E-state index in [-0.39, 0.29) is 12.8 Å². The van der Waals surface area contributed by atoms with Gasteiger partial charge in [0.2, 0.25) is 0 Å². The van der Waals surface area contributed by atoms with Gasteiger partial charge >= 0.3 is 124 Å². The van der Waals surface area contributed by atoms with Gasteiger partial charge in [0.25, 0.3) is 0 Å². The minimum absolute atomic E-state index is 0.128. The van der Waals surface area contributed by atoms with Crippen LogP contribution in [0.1, 0.15) is 19.8 Å². The summed E-state index contributed by atoms with van der Waals surface area (Å²) in [7, 11) is -16.2. The van der Waals surface area contributed by atoms with Crippen molar-refractivity contribution in [1.29, 1.82) is 0 Å². The molecule has 12 nitrogen and oxygen atoms in total. The quantitative estimate of drug-likeness (QED) is 0.283. The third-order valence-corrected chi connectivity index (χ3v) is 16.4. The summed E-state index contributed by atoms with van der Waals surface area (Å²) >= 11 is -6.35. The Morgan fingerprint density at radius 1 is 0.700 bits per heavy atom. The molecule has 0 bridgehead atoms. The molecule has 0 unspecified atom stereocenters. The molecule has 0 heterocycles. The fourth-order valence-corrected chi connectivity index (χ4v) is 15.8. The van der Waals surface area contributed by atoms with Crippen LogP contribution in [0.2, 0.25) is 4.44 Å². The first-order valence-electron chi connectivity index (χ1n) is 4.52. The van der Waals surface area contributed by atoms with Crippen LogP contribution in [0.15, 0.2) is 0 Å². The second kappa shape index (κ2) is 7.64. The van der Waals surface area contributed by atoms with Crippen molar-refractivity contribution in [2.24, 2.45) is 0 Å². The van der Waals surface area contributed by atoms with E-state index >= 15 is 0 Å². The fourth-order valence-electron chi connectivity index (χ4n) is 0.977. The minimum atomic E-state index is -6.35. The van der Waals surface area contributed by atoms with Gasteiger partial charge in [-0.15, -0.1) is 0 Å². The number of hydrogen-bond donors (Lipinski definition) is 0. The molecule has 20 heavy (non-hydrogen) atoms. The summed E-state index contributed by atoms with van der Waals surface area (Å²) in [5.41, 5.74) is 0. The van der Waals surface area contributed by atoms with Gasteiger partial charge in [-0.05, 0) is 0 Å². The van der Waals surface area contributed by atoms with Crippen molar-refractivity contribution in [2.75, 3.05) is 0 Å². The second-order valence-electron chi connectivity index (χ2n) is 3.15. The normalized spacial score (nSPS) is 14.7. The van der Waals surface area contributed by atoms with Crippen molar-refractivity contribution in [3.05, 3.63) is 0 Å². The first-order chi connectivity index (χ1) is 8.68. The molecule has 122 valence electrons. The third kappa shape index (κ3) is 10.8. The van der Waals surface area contributed by atoms with Gasteiger partial charge in [-0.1, -0.05) is 0 Å². The summed E-state index contributed by atoms with van der Waals surface area (Å²) in [5.74, 6) is 0. The topological polar surface area (TPSA) is 235 Å². The van der Waals surface area contributed by atoms with Crippen LogP contribution in [-0.2, 0) is 7.88 Å². The Morgan fingerprint density at radius 2 is 1.00 bits per heavy atom. The van der Waals surface area contributed by atoms with Crippen LogP contribution >= 0.6 is 0 Å². The molecular formula is C4H9Cl3O12Sn. The number of rotatable bonds is 9. The molecule has 16 heteroatoms. The molecule has 0 aromatic heterocycles. The average Bonchev–Trinajstić information content (AvgIpc) is 2.05. The Labute approximate surface area is 124 Å². The number of hydrogen-bond acceptors (Lipinski definition) is 12. The van der Waals surface area contributed by atoms with E-state index in [1.807, 2.05) is 0 Å². The van der Waals surface area contributed by atoms with Gasteiger partial charge < -0.3 is 0 Å². The summed E-state index contributed by atoms with van der Waals surface area (Å²) in [5, 5.41) is 0. The fraction of sp³-hybridized carbons (Fsp3) is 1.00. The van der Waals surface area contributed by atoms with Crippen LogP contribution in [0.5, 0.6) is 0 Å². The van der Waals surface area contributed by atoms with Crippen molar-refractivity contribution in [1.82, 2.24) is 0 Å². The zero-order chi connectivity index (χ0) is 16.2.